The molecule has 1 fully saturated rings. The molecule has 0 spiro atoms. The van der Waals surface area contributed by atoms with Crippen LogP contribution in [0.3, 0.4) is 0 Å². The Hall–Kier alpha value is -1.62. The predicted molar refractivity (Wildman–Crippen MR) is 65.8 cm³/mol. The molecule has 17 heavy (non-hydrogen) atoms. The summed E-state index contributed by atoms with van der Waals surface area (Å²) >= 11 is 0. The number of nitrogens with zero attached hydrogens (tertiary/aromatic N) is 3. The fraction of sp³-hybridized carbons (Fsp3) is 0.500. The second kappa shape index (κ2) is 4.33. The maximum atomic E-state index is 5.73. The molecule has 2 aromatic heterocycles. The van der Waals surface area contributed by atoms with Crippen LogP contribution >= 0.6 is 0 Å². The minimum absolute atomic E-state index is 0.548. The number of oxazole rings is 1. The van der Waals surface area contributed by atoms with Crippen LogP contribution in [0.1, 0.15) is 12.8 Å². The van der Waals surface area contributed by atoms with E-state index in [-0.39, 0.29) is 0 Å². The van der Waals surface area contributed by atoms with Gasteiger partial charge in [0.25, 0.3) is 6.01 Å². The number of hydrogen-bond acceptors (Lipinski definition) is 5. The molecule has 3 rings (SSSR count). The van der Waals surface area contributed by atoms with Crippen molar-refractivity contribution in [2.45, 2.75) is 12.8 Å². The molecule has 1 saturated heterocycles. The maximum Gasteiger partial charge on any atom is 0.299 e. The van der Waals surface area contributed by atoms with Gasteiger partial charge in [-0.25, -0.2) is 4.98 Å². The van der Waals surface area contributed by atoms with E-state index >= 15 is 0 Å². The van der Waals surface area contributed by atoms with Gasteiger partial charge in [0.2, 0.25) is 5.65 Å². The number of rotatable bonds is 2. The molecule has 0 aliphatic carbocycles. The lowest BCUT2D eigenvalue weighted by atomic mass is 9.99. The molecule has 1 atom stereocenters. The lowest BCUT2D eigenvalue weighted by Gasteiger charge is -2.30. The molecule has 90 valence electrons. The first-order chi connectivity index (χ1) is 8.36. The smallest absolute Gasteiger partial charge is 0.299 e. The molecular formula is C12H16N4O. The average molecular weight is 232 g/mol. The van der Waals surface area contributed by atoms with Gasteiger partial charge >= 0.3 is 0 Å². The van der Waals surface area contributed by atoms with Crippen molar-refractivity contribution in [1.82, 2.24) is 9.97 Å². The van der Waals surface area contributed by atoms with Crippen LogP contribution < -0.4 is 10.6 Å². The first kappa shape index (κ1) is 10.5. The molecule has 1 unspecified atom stereocenters. The quantitative estimate of drug-likeness (QED) is 0.847. The third-order valence-electron chi connectivity index (χ3n) is 3.28. The van der Waals surface area contributed by atoms with E-state index in [4.69, 9.17) is 10.2 Å². The van der Waals surface area contributed by atoms with E-state index in [1.54, 1.807) is 6.20 Å². The molecule has 0 bridgehead atoms. The SMILES string of the molecule is NCC1CCCN(c2nc3ncccc3o2)C1. The number of pyridine rings is 1. The van der Waals surface area contributed by atoms with Crippen LogP contribution in [0.15, 0.2) is 22.7 Å². The van der Waals surface area contributed by atoms with Crippen LogP contribution in [0.5, 0.6) is 0 Å². The summed E-state index contributed by atoms with van der Waals surface area (Å²) in [5.74, 6) is 0.548. The number of piperidine rings is 1. The summed E-state index contributed by atoms with van der Waals surface area (Å²) in [7, 11) is 0. The van der Waals surface area contributed by atoms with Crippen molar-refractivity contribution in [3.8, 4) is 0 Å². The van der Waals surface area contributed by atoms with E-state index in [9.17, 15) is 0 Å². The third kappa shape index (κ3) is 1.98. The molecule has 5 nitrogen and oxygen atoms in total. The van der Waals surface area contributed by atoms with Gasteiger partial charge in [-0.3, -0.25) is 0 Å². The summed E-state index contributed by atoms with van der Waals surface area (Å²) in [6.45, 7) is 2.65. The summed E-state index contributed by atoms with van der Waals surface area (Å²) < 4.78 is 5.71. The van der Waals surface area contributed by atoms with Gasteiger partial charge in [-0.1, -0.05) is 0 Å². The van der Waals surface area contributed by atoms with E-state index in [2.05, 4.69) is 14.9 Å². The van der Waals surface area contributed by atoms with Crippen molar-refractivity contribution in [1.29, 1.82) is 0 Å². The van der Waals surface area contributed by atoms with Crippen LogP contribution in [0.25, 0.3) is 11.2 Å². The van der Waals surface area contributed by atoms with E-state index in [1.165, 1.54) is 6.42 Å². The van der Waals surface area contributed by atoms with Gasteiger partial charge in [0.1, 0.15) is 0 Å². The van der Waals surface area contributed by atoms with Gasteiger partial charge in [-0.05, 0) is 37.4 Å². The van der Waals surface area contributed by atoms with Crippen LogP contribution in [0.2, 0.25) is 0 Å². The standard InChI is InChI=1S/C12H16N4O/c13-7-9-3-2-6-16(8-9)12-15-11-10(17-12)4-1-5-14-11/h1,4-5,9H,2-3,6-8,13H2. The summed E-state index contributed by atoms with van der Waals surface area (Å²) in [5.41, 5.74) is 7.15. The maximum absolute atomic E-state index is 5.73. The zero-order valence-corrected chi connectivity index (χ0v) is 9.67. The van der Waals surface area contributed by atoms with Crippen molar-refractivity contribution < 1.29 is 4.42 Å². The Morgan fingerprint density at radius 2 is 2.47 bits per heavy atom. The normalized spacial score (nSPS) is 21.0. The first-order valence-electron chi connectivity index (χ1n) is 6.03. The van der Waals surface area contributed by atoms with E-state index < -0.39 is 0 Å². The zero-order valence-electron chi connectivity index (χ0n) is 9.67. The Morgan fingerprint density at radius 3 is 3.29 bits per heavy atom. The van der Waals surface area contributed by atoms with E-state index in [1.807, 2.05) is 12.1 Å². The van der Waals surface area contributed by atoms with Gasteiger partial charge in [0, 0.05) is 19.3 Å². The molecule has 0 radical (unpaired) electrons. The summed E-state index contributed by atoms with van der Waals surface area (Å²) in [6.07, 6.45) is 4.08. The van der Waals surface area contributed by atoms with E-state index in [0.29, 0.717) is 17.6 Å². The molecule has 1 aliphatic heterocycles. The summed E-state index contributed by atoms with van der Waals surface area (Å²) in [5, 5.41) is 0. The molecule has 3 heterocycles. The minimum atomic E-state index is 0.548. The van der Waals surface area contributed by atoms with E-state index in [0.717, 1.165) is 31.6 Å². The molecule has 1 aliphatic rings. The van der Waals surface area contributed by atoms with Crippen LogP contribution in [0, 0.1) is 5.92 Å². The highest BCUT2D eigenvalue weighted by Gasteiger charge is 2.22. The van der Waals surface area contributed by atoms with Gasteiger partial charge in [-0.15, -0.1) is 0 Å². The van der Waals surface area contributed by atoms with Crippen LogP contribution in [-0.2, 0) is 0 Å². The summed E-state index contributed by atoms with van der Waals surface area (Å²) in [6, 6.07) is 4.43. The third-order valence-corrected chi connectivity index (χ3v) is 3.28. The Bertz CT molecular complexity index is 477. The molecule has 2 aromatic rings. The van der Waals surface area contributed by atoms with Crippen molar-refractivity contribution in [3.05, 3.63) is 18.3 Å². The Kier molecular flexibility index (Phi) is 2.68. The molecule has 2 N–H and O–H groups in total. The molecule has 5 heteroatoms. The highest BCUT2D eigenvalue weighted by Crippen LogP contribution is 2.24. The number of anilines is 1. The fourth-order valence-corrected chi connectivity index (χ4v) is 2.32. The average Bonchev–Trinajstić information content (AvgIpc) is 2.82. The topological polar surface area (TPSA) is 68.2 Å². The number of nitrogens with two attached hydrogens (primary N) is 1. The largest absolute Gasteiger partial charge is 0.422 e. The van der Waals surface area contributed by atoms with Gasteiger partial charge in [-0.2, -0.15) is 4.98 Å². The highest BCUT2D eigenvalue weighted by atomic mass is 16.4. The van der Waals surface area contributed by atoms with Gasteiger partial charge < -0.3 is 15.1 Å². The number of aromatic nitrogens is 2. The second-order valence-electron chi connectivity index (χ2n) is 4.51. The lowest BCUT2D eigenvalue weighted by molar-refractivity contribution is 0.403. The Balaban J connectivity index is 1.87. The fourth-order valence-electron chi connectivity index (χ4n) is 2.32. The summed E-state index contributed by atoms with van der Waals surface area (Å²) in [4.78, 5) is 10.8. The molecule has 0 aromatic carbocycles. The lowest BCUT2D eigenvalue weighted by Crippen LogP contribution is -2.38. The molecule has 0 saturated carbocycles. The van der Waals surface area contributed by atoms with Gasteiger partial charge in [0.05, 0.1) is 0 Å². The van der Waals surface area contributed by atoms with Crippen molar-refractivity contribution in [2.75, 3.05) is 24.5 Å². The van der Waals surface area contributed by atoms with Crippen molar-refractivity contribution in [3.63, 3.8) is 0 Å². The van der Waals surface area contributed by atoms with Gasteiger partial charge in [0.15, 0.2) is 5.58 Å². The highest BCUT2D eigenvalue weighted by molar-refractivity contribution is 5.69. The zero-order chi connectivity index (χ0) is 11.7. The van der Waals surface area contributed by atoms with Crippen LogP contribution in [-0.4, -0.2) is 29.6 Å². The van der Waals surface area contributed by atoms with Crippen LogP contribution in [0.4, 0.5) is 6.01 Å². The predicted octanol–water partition coefficient (Wildman–Crippen LogP) is 1.40. The Labute approximate surface area is 99.6 Å². The number of hydrogen-bond donors (Lipinski definition) is 1. The number of fused-ring (bicyclic) bond motifs is 1. The minimum Gasteiger partial charge on any atom is -0.422 e. The Morgan fingerprint density at radius 1 is 1.53 bits per heavy atom. The van der Waals surface area contributed by atoms with Crippen molar-refractivity contribution >= 4 is 17.2 Å². The first-order valence-corrected chi connectivity index (χ1v) is 6.03. The second-order valence-corrected chi connectivity index (χ2v) is 4.51. The molecular weight excluding hydrogens is 216 g/mol. The monoisotopic (exact) mass is 232 g/mol. The molecule has 0 amide bonds. The van der Waals surface area contributed by atoms with Crippen molar-refractivity contribution in [2.24, 2.45) is 11.7 Å².